The van der Waals surface area contributed by atoms with Crippen molar-refractivity contribution in [3.63, 3.8) is 0 Å². The Balaban J connectivity index is 1.96. The second kappa shape index (κ2) is 15.1. The summed E-state index contributed by atoms with van der Waals surface area (Å²) >= 11 is 0. The van der Waals surface area contributed by atoms with Crippen molar-refractivity contribution >= 4 is 21.9 Å². The van der Waals surface area contributed by atoms with E-state index >= 15 is 0 Å². The highest BCUT2D eigenvalue weighted by Crippen LogP contribution is 2.43. The summed E-state index contributed by atoms with van der Waals surface area (Å²) in [6, 6.07) is 29.7. The van der Waals surface area contributed by atoms with Crippen molar-refractivity contribution in [3.05, 3.63) is 131 Å². The second-order valence-electron chi connectivity index (χ2n) is 13.1. The van der Waals surface area contributed by atoms with Gasteiger partial charge in [-0.2, -0.15) is 4.31 Å². The number of hydrogen-bond donors (Lipinski definition) is 2. The van der Waals surface area contributed by atoms with E-state index in [1.807, 2.05) is 95.3 Å². The number of carbonyl (C=O) groups is 2. The summed E-state index contributed by atoms with van der Waals surface area (Å²) in [5.74, 6) is -0.921. The van der Waals surface area contributed by atoms with Crippen LogP contribution in [0.4, 0.5) is 0 Å². The Morgan fingerprint density at radius 2 is 1.35 bits per heavy atom. The molecule has 4 aromatic rings. The van der Waals surface area contributed by atoms with Crippen LogP contribution in [0.15, 0.2) is 114 Å². The maximum absolute atomic E-state index is 15.0. The van der Waals surface area contributed by atoms with Gasteiger partial charge >= 0.3 is 5.97 Å². The van der Waals surface area contributed by atoms with Crippen LogP contribution in [0.5, 0.6) is 5.75 Å². The van der Waals surface area contributed by atoms with Gasteiger partial charge in [-0.1, -0.05) is 113 Å². The molecule has 10 heteroatoms. The Morgan fingerprint density at radius 3 is 1.83 bits per heavy atom. The maximum Gasteiger partial charge on any atom is 0.326 e. The Hall–Kier alpha value is -4.51. The molecule has 0 saturated carbocycles. The minimum absolute atomic E-state index is 0.00258. The van der Waals surface area contributed by atoms with Crippen LogP contribution in [0.1, 0.15) is 68.1 Å². The lowest BCUT2D eigenvalue weighted by Gasteiger charge is -2.42. The van der Waals surface area contributed by atoms with Crippen LogP contribution in [0.2, 0.25) is 0 Å². The Morgan fingerprint density at radius 1 is 0.812 bits per heavy atom. The topological polar surface area (TPSA) is 122 Å². The number of rotatable bonds is 13. The monoisotopic (exact) mass is 672 g/mol. The molecule has 0 aromatic heterocycles. The molecule has 1 amide bonds. The number of esters is 1. The first kappa shape index (κ1) is 36.3. The molecule has 0 spiro atoms. The molecule has 254 valence electrons. The van der Waals surface area contributed by atoms with E-state index in [1.54, 1.807) is 29.7 Å². The molecule has 4 rings (SSSR count). The quantitative estimate of drug-likeness (QED) is 0.0693. The van der Waals surface area contributed by atoms with Gasteiger partial charge < -0.3 is 9.47 Å². The van der Waals surface area contributed by atoms with Crippen LogP contribution in [0.3, 0.4) is 0 Å². The lowest BCUT2D eigenvalue weighted by Crippen LogP contribution is -2.54. The number of hydroxylamine groups is 1. The number of amides is 1. The molecule has 1 atom stereocenters. The normalized spacial score (nSPS) is 12.9. The molecule has 0 aliphatic carbocycles. The van der Waals surface area contributed by atoms with Gasteiger partial charge in [-0.3, -0.25) is 14.8 Å². The Kier molecular flexibility index (Phi) is 11.5. The van der Waals surface area contributed by atoms with Gasteiger partial charge in [-0.05, 0) is 42.0 Å². The standard InChI is InChI=1S/C38H44N2O7S/c1-27(2)24-25-40(48(44,45)33-19-13-18-32(26-33)46-6)34(37(3,4)5)36(42)47-38(29-14-9-7-10-15-29,30-16-11-8-12-17-30)31-22-20-28(21-23-31)35(41)39-43/h7-23,26-27,34,43H,24-25H2,1-6H3,(H,39,41)/t34-/m0/s1. The molecule has 4 aromatic carbocycles. The van der Waals surface area contributed by atoms with Gasteiger partial charge in [0.1, 0.15) is 11.8 Å². The van der Waals surface area contributed by atoms with Crippen molar-refractivity contribution in [1.82, 2.24) is 9.79 Å². The molecule has 2 N–H and O–H groups in total. The smallest absolute Gasteiger partial charge is 0.326 e. The molecular weight excluding hydrogens is 628 g/mol. The van der Waals surface area contributed by atoms with Crippen molar-refractivity contribution < 1.29 is 32.7 Å². The molecule has 0 aliphatic rings. The summed E-state index contributed by atoms with van der Waals surface area (Å²) < 4.78 is 42.4. The molecule has 0 radical (unpaired) electrons. The van der Waals surface area contributed by atoms with Gasteiger partial charge in [0.05, 0.1) is 12.0 Å². The van der Waals surface area contributed by atoms with E-state index in [9.17, 15) is 23.2 Å². The first-order valence-corrected chi connectivity index (χ1v) is 17.2. The summed E-state index contributed by atoms with van der Waals surface area (Å²) in [6.45, 7) is 9.52. The number of carbonyl (C=O) groups excluding carboxylic acids is 2. The second-order valence-corrected chi connectivity index (χ2v) is 15.0. The van der Waals surface area contributed by atoms with Crippen molar-refractivity contribution in [2.45, 2.75) is 57.6 Å². The van der Waals surface area contributed by atoms with E-state index in [4.69, 9.17) is 9.47 Å². The predicted octanol–water partition coefficient (Wildman–Crippen LogP) is 6.80. The first-order valence-electron chi connectivity index (χ1n) is 15.8. The van der Waals surface area contributed by atoms with Crippen LogP contribution >= 0.6 is 0 Å². The number of ether oxygens (including phenoxy) is 2. The predicted molar refractivity (Wildman–Crippen MR) is 184 cm³/mol. The van der Waals surface area contributed by atoms with Crippen LogP contribution in [-0.4, -0.2) is 49.5 Å². The van der Waals surface area contributed by atoms with Gasteiger partial charge in [0.2, 0.25) is 10.0 Å². The summed E-state index contributed by atoms with van der Waals surface area (Å²) in [5, 5.41) is 9.21. The van der Waals surface area contributed by atoms with Gasteiger partial charge in [0.15, 0.2) is 5.60 Å². The lowest BCUT2D eigenvalue weighted by molar-refractivity contribution is -0.162. The van der Waals surface area contributed by atoms with E-state index in [2.05, 4.69) is 0 Å². The first-order chi connectivity index (χ1) is 22.7. The average molecular weight is 673 g/mol. The third-order valence-electron chi connectivity index (χ3n) is 8.18. The zero-order valence-corrected chi connectivity index (χ0v) is 29.0. The van der Waals surface area contributed by atoms with Crippen LogP contribution < -0.4 is 10.2 Å². The number of sulfonamides is 1. The van der Waals surface area contributed by atoms with Crippen molar-refractivity contribution in [1.29, 1.82) is 0 Å². The molecule has 0 saturated heterocycles. The summed E-state index contributed by atoms with van der Waals surface area (Å²) in [6.07, 6.45) is 0.500. The lowest BCUT2D eigenvalue weighted by atomic mass is 9.79. The molecular formula is C38H44N2O7S. The number of hydrogen-bond acceptors (Lipinski definition) is 7. The van der Waals surface area contributed by atoms with Gasteiger partial charge in [-0.25, -0.2) is 13.9 Å². The molecule has 0 fully saturated rings. The van der Waals surface area contributed by atoms with Crippen LogP contribution in [-0.2, 0) is 25.2 Å². The zero-order chi connectivity index (χ0) is 35.1. The average Bonchev–Trinajstić information content (AvgIpc) is 3.08. The minimum Gasteiger partial charge on any atom is -0.497 e. The summed E-state index contributed by atoms with van der Waals surface area (Å²) in [4.78, 5) is 27.2. The van der Waals surface area contributed by atoms with Crippen molar-refractivity contribution in [2.75, 3.05) is 13.7 Å². The highest BCUT2D eigenvalue weighted by molar-refractivity contribution is 7.89. The Bertz CT molecular complexity index is 1750. The van der Waals surface area contributed by atoms with E-state index in [-0.39, 0.29) is 22.9 Å². The van der Waals surface area contributed by atoms with E-state index in [0.717, 1.165) is 0 Å². The fourth-order valence-electron chi connectivity index (χ4n) is 5.72. The van der Waals surface area contributed by atoms with Gasteiger partial charge in [0, 0.05) is 34.9 Å². The van der Waals surface area contributed by atoms with Gasteiger partial charge in [-0.15, -0.1) is 0 Å². The van der Waals surface area contributed by atoms with E-state index < -0.39 is 39.0 Å². The Labute approximate surface area is 283 Å². The minimum atomic E-state index is -4.24. The molecule has 0 unspecified atom stereocenters. The van der Waals surface area contributed by atoms with E-state index in [0.29, 0.717) is 28.9 Å². The summed E-state index contributed by atoms with van der Waals surface area (Å²) in [7, 11) is -2.77. The van der Waals surface area contributed by atoms with E-state index in [1.165, 1.54) is 35.7 Å². The third kappa shape index (κ3) is 7.78. The fraction of sp³-hybridized carbons (Fsp3) is 0.316. The maximum atomic E-state index is 15.0. The highest BCUT2D eigenvalue weighted by atomic mass is 32.2. The largest absolute Gasteiger partial charge is 0.497 e. The van der Waals surface area contributed by atoms with Crippen LogP contribution in [0, 0.1) is 11.3 Å². The fourth-order valence-corrected chi connectivity index (χ4v) is 7.54. The van der Waals surface area contributed by atoms with Crippen LogP contribution in [0.25, 0.3) is 0 Å². The molecule has 9 nitrogen and oxygen atoms in total. The molecule has 48 heavy (non-hydrogen) atoms. The van der Waals surface area contributed by atoms with Crippen molar-refractivity contribution in [2.24, 2.45) is 11.3 Å². The zero-order valence-electron chi connectivity index (χ0n) is 28.2. The molecule has 0 bridgehead atoms. The number of methoxy groups -OCH3 is 1. The van der Waals surface area contributed by atoms with Gasteiger partial charge in [0.25, 0.3) is 5.91 Å². The third-order valence-corrected chi connectivity index (χ3v) is 10.0. The number of benzene rings is 4. The number of nitrogens with zero attached hydrogens (tertiary/aromatic N) is 1. The number of nitrogens with one attached hydrogen (secondary N) is 1. The molecule has 0 heterocycles. The summed E-state index contributed by atoms with van der Waals surface area (Å²) in [5.41, 5.74) is 1.10. The highest BCUT2D eigenvalue weighted by Gasteiger charge is 2.48. The molecule has 0 aliphatic heterocycles. The SMILES string of the molecule is COc1cccc(S(=O)(=O)N(CCC(C)C)[C@@H](C(=O)OC(c2ccccc2)(c2ccccc2)c2ccc(C(=O)NO)cc2)C(C)(C)C)c1. The van der Waals surface area contributed by atoms with Crippen molar-refractivity contribution in [3.8, 4) is 5.75 Å².